The summed E-state index contributed by atoms with van der Waals surface area (Å²) in [5, 5.41) is 17.7. The highest BCUT2D eigenvalue weighted by atomic mass is 16.5. The van der Waals surface area contributed by atoms with E-state index < -0.39 is 0 Å². The van der Waals surface area contributed by atoms with Gasteiger partial charge in [-0.05, 0) is 35.0 Å². The minimum Gasteiger partial charge on any atom is -0.379 e. The predicted molar refractivity (Wildman–Crippen MR) is 94.4 cm³/mol. The number of aromatic nitrogens is 5. The number of aryl methyl sites for hydroxylation is 1. The fourth-order valence-electron chi connectivity index (χ4n) is 2.64. The fourth-order valence-corrected chi connectivity index (χ4v) is 2.64. The van der Waals surface area contributed by atoms with Crippen LogP contribution < -0.4 is 10.6 Å². The smallest absolute Gasteiger partial charge is 0.241 e. The molecular weight excluding hydrogens is 336 g/mol. The summed E-state index contributed by atoms with van der Waals surface area (Å²) in [6.07, 6.45) is 1.75. The molecule has 2 aromatic rings. The number of ether oxygens (including phenoxy) is 1. The van der Waals surface area contributed by atoms with Crippen molar-refractivity contribution in [3.05, 3.63) is 29.7 Å². The first-order valence-corrected chi connectivity index (χ1v) is 8.69. The van der Waals surface area contributed by atoms with E-state index in [2.05, 4.69) is 36.0 Å². The molecule has 1 aliphatic rings. The van der Waals surface area contributed by atoms with Crippen LogP contribution in [-0.2, 0) is 22.6 Å². The quantitative estimate of drug-likeness (QED) is 0.603. The summed E-state index contributed by atoms with van der Waals surface area (Å²) >= 11 is 0. The maximum atomic E-state index is 12.1. The molecular formula is C16H24N8O2. The lowest BCUT2D eigenvalue weighted by atomic mass is 10.3. The number of carbonyl (C=O) groups is 1. The van der Waals surface area contributed by atoms with E-state index in [1.165, 1.54) is 0 Å². The average Bonchev–Trinajstić information content (AvgIpc) is 3.06. The fraction of sp³-hybridized carbons (Fsp3) is 0.562. The van der Waals surface area contributed by atoms with Crippen molar-refractivity contribution in [2.24, 2.45) is 0 Å². The second kappa shape index (κ2) is 9.20. The summed E-state index contributed by atoms with van der Waals surface area (Å²) in [5.41, 5.74) is 1.14. The molecule has 2 N–H and O–H groups in total. The monoisotopic (exact) mass is 360 g/mol. The number of hydrogen-bond acceptors (Lipinski definition) is 8. The number of rotatable bonds is 8. The Morgan fingerprint density at radius 3 is 2.96 bits per heavy atom. The maximum Gasteiger partial charge on any atom is 0.241 e. The van der Waals surface area contributed by atoms with Gasteiger partial charge in [0.25, 0.3) is 0 Å². The van der Waals surface area contributed by atoms with E-state index in [0.29, 0.717) is 38.7 Å². The highest BCUT2D eigenvalue weighted by Gasteiger charge is 2.16. The van der Waals surface area contributed by atoms with Crippen molar-refractivity contribution < 1.29 is 9.53 Å². The molecule has 0 spiro atoms. The van der Waals surface area contributed by atoms with Gasteiger partial charge < -0.3 is 15.4 Å². The third kappa shape index (κ3) is 5.46. The third-order valence-corrected chi connectivity index (χ3v) is 4.04. The van der Waals surface area contributed by atoms with Crippen LogP contribution >= 0.6 is 0 Å². The number of hydrogen-bond donors (Lipinski definition) is 2. The van der Waals surface area contributed by atoms with E-state index in [9.17, 15) is 4.79 Å². The van der Waals surface area contributed by atoms with E-state index in [1.807, 2.05) is 19.1 Å². The molecule has 1 amide bonds. The molecule has 10 nitrogen and oxygen atoms in total. The molecule has 0 aromatic carbocycles. The van der Waals surface area contributed by atoms with Crippen molar-refractivity contribution in [3.63, 3.8) is 0 Å². The Bertz CT molecular complexity index is 714. The molecule has 0 aliphatic carbocycles. The first-order chi connectivity index (χ1) is 12.7. The summed E-state index contributed by atoms with van der Waals surface area (Å²) in [4.78, 5) is 18.5. The van der Waals surface area contributed by atoms with Crippen molar-refractivity contribution in [2.45, 2.75) is 20.0 Å². The van der Waals surface area contributed by atoms with Gasteiger partial charge in [-0.3, -0.25) is 9.69 Å². The standard InChI is InChI=1S/C16H24N8O2/c1-13-2-3-17-14(10-13)18-4-5-19-16(25)12-24-15(20-21-22-24)11-23-6-8-26-9-7-23/h2-3,10H,4-9,11-12H2,1H3,(H,17,18)(H,19,25). The number of tetrazole rings is 1. The van der Waals surface area contributed by atoms with E-state index >= 15 is 0 Å². The van der Waals surface area contributed by atoms with Gasteiger partial charge >= 0.3 is 0 Å². The van der Waals surface area contributed by atoms with Crippen molar-refractivity contribution in [1.29, 1.82) is 0 Å². The summed E-state index contributed by atoms with van der Waals surface area (Å²) < 4.78 is 6.87. The molecule has 0 unspecified atom stereocenters. The zero-order valence-electron chi connectivity index (χ0n) is 14.9. The highest BCUT2D eigenvalue weighted by Crippen LogP contribution is 2.05. The predicted octanol–water partition coefficient (Wildman–Crippen LogP) is -0.563. The maximum absolute atomic E-state index is 12.1. The Morgan fingerprint density at radius 1 is 1.31 bits per heavy atom. The van der Waals surface area contributed by atoms with Gasteiger partial charge in [-0.25, -0.2) is 9.67 Å². The number of anilines is 1. The zero-order chi connectivity index (χ0) is 18.2. The zero-order valence-corrected chi connectivity index (χ0v) is 14.9. The SMILES string of the molecule is Cc1ccnc(NCCNC(=O)Cn2nnnc2CN2CCOCC2)c1. The second-order valence-electron chi connectivity index (χ2n) is 6.14. The third-order valence-electron chi connectivity index (χ3n) is 4.04. The van der Waals surface area contributed by atoms with Crippen molar-refractivity contribution >= 4 is 11.7 Å². The molecule has 26 heavy (non-hydrogen) atoms. The van der Waals surface area contributed by atoms with E-state index in [-0.39, 0.29) is 12.5 Å². The molecule has 140 valence electrons. The summed E-state index contributed by atoms with van der Waals surface area (Å²) in [7, 11) is 0. The molecule has 3 rings (SSSR count). The number of amides is 1. The van der Waals surface area contributed by atoms with Crippen LogP contribution in [-0.4, -0.2) is 75.4 Å². The van der Waals surface area contributed by atoms with Gasteiger partial charge in [0.1, 0.15) is 12.4 Å². The van der Waals surface area contributed by atoms with Crippen LogP contribution in [0.15, 0.2) is 18.3 Å². The van der Waals surface area contributed by atoms with Crippen LogP contribution in [0.5, 0.6) is 0 Å². The van der Waals surface area contributed by atoms with Gasteiger partial charge in [0.05, 0.1) is 19.8 Å². The molecule has 1 fully saturated rings. The average molecular weight is 360 g/mol. The van der Waals surface area contributed by atoms with Gasteiger partial charge in [-0.1, -0.05) is 0 Å². The molecule has 1 saturated heterocycles. The van der Waals surface area contributed by atoms with Gasteiger partial charge in [-0.2, -0.15) is 0 Å². The lowest BCUT2D eigenvalue weighted by Crippen LogP contribution is -2.37. The number of pyridine rings is 1. The second-order valence-corrected chi connectivity index (χ2v) is 6.14. The minimum atomic E-state index is -0.125. The summed E-state index contributed by atoms with van der Waals surface area (Å²) in [6.45, 7) is 6.94. The van der Waals surface area contributed by atoms with E-state index in [4.69, 9.17) is 4.74 Å². The number of carbonyl (C=O) groups excluding carboxylic acids is 1. The normalized spacial score (nSPS) is 15.0. The summed E-state index contributed by atoms with van der Waals surface area (Å²) in [6, 6.07) is 3.90. The van der Waals surface area contributed by atoms with Crippen molar-refractivity contribution in [3.8, 4) is 0 Å². The van der Waals surface area contributed by atoms with Crippen LogP contribution in [0.4, 0.5) is 5.82 Å². The molecule has 0 saturated carbocycles. The molecule has 0 bridgehead atoms. The van der Waals surface area contributed by atoms with Crippen LogP contribution in [0.25, 0.3) is 0 Å². The Morgan fingerprint density at radius 2 is 2.15 bits per heavy atom. The lowest BCUT2D eigenvalue weighted by molar-refractivity contribution is -0.121. The van der Waals surface area contributed by atoms with Crippen LogP contribution in [0.3, 0.4) is 0 Å². The number of nitrogens with zero attached hydrogens (tertiary/aromatic N) is 6. The van der Waals surface area contributed by atoms with Gasteiger partial charge in [0.2, 0.25) is 5.91 Å². The molecule has 1 aliphatic heterocycles. The largest absolute Gasteiger partial charge is 0.379 e. The van der Waals surface area contributed by atoms with Gasteiger partial charge in [0.15, 0.2) is 5.82 Å². The number of morpholine rings is 1. The van der Waals surface area contributed by atoms with Crippen LogP contribution in [0, 0.1) is 6.92 Å². The van der Waals surface area contributed by atoms with E-state index in [1.54, 1.807) is 10.9 Å². The Kier molecular flexibility index (Phi) is 6.45. The molecule has 0 radical (unpaired) electrons. The minimum absolute atomic E-state index is 0.107. The number of nitrogens with one attached hydrogen (secondary N) is 2. The molecule has 0 atom stereocenters. The lowest BCUT2D eigenvalue weighted by Gasteiger charge is -2.25. The first-order valence-electron chi connectivity index (χ1n) is 8.69. The molecule has 2 aromatic heterocycles. The van der Waals surface area contributed by atoms with E-state index in [0.717, 1.165) is 24.5 Å². The van der Waals surface area contributed by atoms with Crippen molar-refractivity contribution in [1.82, 2.24) is 35.4 Å². The first kappa shape index (κ1) is 18.2. The Balaban J connectivity index is 1.40. The molecule has 3 heterocycles. The highest BCUT2D eigenvalue weighted by molar-refractivity contribution is 5.75. The Labute approximate surface area is 151 Å². The Hall–Kier alpha value is -2.59. The van der Waals surface area contributed by atoms with Gasteiger partial charge in [-0.15, -0.1) is 5.10 Å². The van der Waals surface area contributed by atoms with Crippen molar-refractivity contribution in [2.75, 3.05) is 44.7 Å². The topological polar surface area (TPSA) is 110 Å². The van der Waals surface area contributed by atoms with Crippen LogP contribution in [0.1, 0.15) is 11.4 Å². The van der Waals surface area contributed by atoms with Crippen LogP contribution in [0.2, 0.25) is 0 Å². The van der Waals surface area contributed by atoms with Gasteiger partial charge in [0, 0.05) is 32.4 Å². The summed E-state index contributed by atoms with van der Waals surface area (Å²) in [5.74, 6) is 1.36. The molecule has 10 heteroatoms.